The number of carbonyl (C=O) groups excluding carboxylic acids is 2. The van der Waals surface area contributed by atoms with Crippen LogP contribution in [0.25, 0.3) is 22.2 Å². The van der Waals surface area contributed by atoms with Crippen LogP contribution in [0.15, 0.2) is 47.5 Å². The lowest BCUT2D eigenvalue weighted by Gasteiger charge is -2.15. The molecule has 4 heterocycles. The summed E-state index contributed by atoms with van der Waals surface area (Å²) in [5.74, 6) is -0.410. The summed E-state index contributed by atoms with van der Waals surface area (Å²) in [6, 6.07) is 6.62. The van der Waals surface area contributed by atoms with Crippen molar-refractivity contribution in [1.29, 1.82) is 0 Å². The van der Waals surface area contributed by atoms with Gasteiger partial charge in [0.1, 0.15) is 5.82 Å². The van der Waals surface area contributed by atoms with E-state index >= 15 is 4.39 Å². The minimum atomic E-state index is -0.577. The molecule has 0 saturated carbocycles. The van der Waals surface area contributed by atoms with E-state index in [0.717, 1.165) is 17.4 Å². The van der Waals surface area contributed by atoms with Gasteiger partial charge in [0.2, 0.25) is 11.8 Å². The van der Waals surface area contributed by atoms with Crippen molar-refractivity contribution in [2.75, 3.05) is 18.4 Å². The number of anilines is 1. The fraction of sp³-hybridized carbons (Fsp3) is 0.333. The molecular formula is C27H29FN8O3. The first-order valence-electron chi connectivity index (χ1n) is 12.6. The van der Waals surface area contributed by atoms with E-state index in [1.807, 2.05) is 20.8 Å². The van der Waals surface area contributed by atoms with Gasteiger partial charge in [-0.1, -0.05) is 39.5 Å². The highest BCUT2D eigenvalue weighted by atomic mass is 19.1. The molecular weight excluding hydrogens is 503 g/mol. The molecule has 0 aliphatic carbocycles. The maximum Gasteiger partial charge on any atom is 0.309 e. The number of nitrogens with one attached hydrogen (secondary N) is 3. The molecule has 1 aliphatic heterocycles. The number of amides is 2. The SMILES string of the molecule is C=CC(=O)N1CC[C@@H](Nc2n[nH]c3nccc(-c4ccc(CNC(=O)c5nnc(C(C)(C)C)o5)c(F)c4)c23)C1. The van der Waals surface area contributed by atoms with Gasteiger partial charge in [-0.3, -0.25) is 14.7 Å². The highest BCUT2D eigenvalue weighted by Gasteiger charge is 2.27. The average molecular weight is 533 g/mol. The van der Waals surface area contributed by atoms with Gasteiger partial charge in [-0.25, -0.2) is 9.37 Å². The molecule has 202 valence electrons. The van der Waals surface area contributed by atoms with Crippen LogP contribution in [0.2, 0.25) is 0 Å². The standard InChI is InChI=1S/C27H29FN8O3/c1-5-20(37)36-11-9-17(14-36)31-23-21-18(8-10-29-22(21)32-33-23)15-6-7-16(19(28)12-15)13-30-24(38)25-34-35-26(39-25)27(2,3)4/h5-8,10,12,17H,1,9,11,13-14H2,2-4H3,(H,30,38)(H2,29,31,32,33)/t17-/m1/s1. The molecule has 12 heteroatoms. The van der Waals surface area contributed by atoms with Crippen molar-refractivity contribution < 1.29 is 18.4 Å². The third-order valence-electron chi connectivity index (χ3n) is 6.54. The summed E-state index contributed by atoms with van der Waals surface area (Å²) in [7, 11) is 0. The summed E-state index contributed by atoms with van der Waals surface area (Å²) >= 11 is 0. The molecule has 3 aromatic heterocycles. The van der Waals surface area contributed by atoms with Gasteiger partial charge < -0.3 is 20.0 Å². The van der Waals surface area contributed by atoms with Crippen LogP contribution in [-0.2, 0) is 16.8 Å². The summed E-state index contributed by atoms with van der Waals surface area (Å²) < 4.78 is 20.6. The summed E-state index contributed by atoms with van der Waals surface area (Å²) in [4.78, 5) is 30.5. The molecule has 1 aromatic carbocycles. The van der Waals surface area contributed by atoms with Crippen molar-refractivity contribution in [3.05, 3.63) is 66.3 Å². The number of rotatable bonds is 7. The number of nitrogens with zero attached hydrogens (tertiary/aromatic N) is 5. The van der Waals surface area contributed by atoms with E-state index < -0.39 is 17.1 Å². The second-order valence-electron chi connectivity index (χ2n) is 10.4. The summed E-state index contributed by atoms with van der Waals surface area (Å²) in [6.45, 7) is 10.3. The number of halogens is 1. The Bertz CT molecular complexity index is 1550. The largest absolute Gasteiger partial charge is 0.416 e. The van der Waals surface area contributed by atoms with E-state index in [1.165, 1.54) is 12.1 Å². The monoisotopic (exact) mass is 532 g/mol. The minimum absolute atomic E-state index is 0.00880. The topological polar surface area (TPSA) is 142 Å². The van der Waals surface area contributed by atoms with Gasteiger partial charge in [-0.2, -0.15) is 5.10 Å². The van der Waals surface area contributed by atoms with Gasteiger partial charge in [0.25, 0.3) is 0 Å². The first-order valence-corrected chi connectivity index (χ1v) is 12.6. The van der Waals surface area contributed by atoms with Crippen molar-refractivity contribution in [1.82, 2.24) is 35.6 Å². The number of carbonyl (C=O) groups is 2. The number of likely N-dealkylation sites (tertiary alicyclic amines) is 1. The Morgan fingerprint density at radius 3 is 2.82 bits per heavy atom. The third-order valence-corrected chi connectivity index (χ3v) is 6.54. The number of hydrogen-bond acceptors (Lipinski definition) is 8. The predicted molar refractivity (Wildman–Crippen MR) is 142 cm³/mol. The smallest absolute Gasteiger partial charge is 0.309 e. The Labute approximate surface area is 223 Å². The van der Waals surface area contributed by atoms with Crippen LogP contribution >= 0.6 is 0 Å². The molecule has 39 heavy (non-hydrogen) atoms. The van der Waals surface area contributed by atoms with Gasteiger partial charge in [0, 0.05) is 42.9 Å². The van der Waals surface area contributed by atoms with Crippen molar-refractivity contribution in [3.63, 3.8) is 0 Å². The van der Waals surface area contributed by atoms with Crippen LogP contribution in [0.4, 0.5) is 10.2 Å². The normalized spacial score (nSPS) is 15.5. The molecule has 3 N–H and O–H groups in total. The van der Waals surface area contributed by atoms with Gasteiger partial charge in [0.05, 0.1) is 5.39 Å². The van der Waals surface area contributed by atoms with Crippen LogP contribution in [0.5, 0.6) is 0 Å². The molecule has 5 rings (SSSR count). The number of H-pyrrole nitrogens is 1. The minimum Gasteiger partial charge on any atom is -0.416 e. The Morgan fingerprint density at radius 1 is 1.28 bits per heavy atom. The lowest BCUT2D eigenvalue weighted by atomic mass is 9.97. The fourth-order valence-corrected chi connectivity index (χ4v) is 4.42. The Hall–Kier alpha value is -4.61. The Kier molecular flexibility index (Phi) is 6.85. The van der Waals surface area contributed by atoms with Crippen molar-refractivity contribution >= 4 is 28.7 Å². The number of fused-ring (bicyclic) bond motifs is 1. The molecule has 1 atom stereocenters. The number of aromatic amines is 1. The van der Waals surface area contributed by atoms with Gasteiger partial charge in [-0.05, 0) is 35.8 Å². The first-order chi connectivity index (χ1) is 18.6. The van der Waals surface area contributed by atoms with E-state index in [4.69, 9.17) is 4.42 Å². The van der Waals surface area contributed by atoms with Crippen LogP contribution in [-0.4, -0.2) is 61.2 Å². The van der Waals surface area contributed by atoms with E-state index in [0.29, 0.717) is 41.6 Å². The van der Waals surface area contributed by atoms with Gasteiger partial charge in [0.15, 0.2) is 11.5 Å². The number of benzene rings is 1. The van der Waals surface area contributed by atoms with Gasteiger partial charge in [-0.15, -0.1) is 10.2 Å². The zero-order valence-corrected chi connectivity index (χ0v) is 21.9. The van der Waals surface area contributed by atoms with E-state index in [-0.39, 0.29) is 24.4 Å². The summed E-state index contributed by atoms with van der Waals surface area (Å²) in [5.41, 5.74) is 1.83. The molecule has 0 unspecified atom stereocenters. The molecule has 0 bridgehead atoms. The maximum atomic E-state index is 15.2. The second-order valence-corrected chi connectivity index (χ2v) is 10.4. The maximum absolute atomic E-state index is 15.2. The zero-order valence-electron chi connectivity index (χ0n) is 21.9. The van der Waals surface area contributed by atoms with Crippen molar-refractivity contribution in [2.45, 2.75) is 45.2 Å². The Balaban J connectivity index is 1.32. The molecule has 1 aliphatic rings. The molecule has 0 radical (unpaired) electrons. The van der Waals surface area contributed by atoms with Crippen molar-refractivity contribution in [2.24, 2.45) is 0 Å². The third kappa shape index (κ3) is 5.35. The molecule has 4 aromatic rings. The van der Waals surface area contributed by atoms with Gasteiger partial charge >= 0.3 is 11.8 Å². The number of pyridine rings is 1. The lowest BCUT2D eigenvalue weighted by Crippen LogP contribution is -2.30. The Morgan fingerprint density at radius 2 is 2.10 bits per heavy atom. The van der Waals surface area contributed by atoms with E-state index in [1.54, 1.807) is 29.3 Å². The lowest BCUT2D eigenvalue weighted by molar-refractivity contribution is -0.125. The highest BCUT2D eigenvalue weighted by Crippen LogP contribution is 2.33. The first kappa shape index (κ1) is 26.0. The fourth-order valence-electron chi connectivity index (χ4n) is 4.42. The summed E-state index contributed by atoms with van der Waals surface area (Å²) in [6.07, 6.45) is 3.70. The molecule has 1 fully saturated rings. The van der Waals surface area contributed by atoms with Crippen LogP contribution in [0.3, 0.4) is 0 Å². The molecule has 1 saturated heterocycles. The zero-order chi connectivity index (χ0) is 27.7. The molecule has 11 nitrogen and oxygen atoms in total. The number of hydrogen-bond donors (Lipinski definition) is 3. The molecule has 2 amide bonds. The average Bonchev–Trinajstić information content (AvgIpc) is 3.67. The molecule has 0 spiro atoms. The van der Waals surface area contributed by atoms with Crippen LogP contribution in [0.1, 0.15) is 49.3 Å². The van der Waals surface area contributed by atoms with E-state index in [2.05, 4.69) is 42.6 Å². The van der Waals surface area contributed by atoms with E-state index in [9.17, 15) is 9.59 Å². The summed E-state index contributed by atoms with van der Waals surface area (Å²) in [5, 5.41) is 21.8. The highest BCUT2D eigenvalue weighted by molar-refractivity contribution is 6.00. The second kappa shape index (κ2) is 10.3. The van der Waals surface area contributed by atoms with Crippen LogP contribution in [0, 0.1) is 5.82 Å². The quantitative estimate of drug-likeness (QED) is 0.307. The van der Waals surface area contributed by atoms with Crippen molar-refractivity contribution in [3.8, 4) is 11.1 Å². The van der Waals surface area contributed by atoms with Crippen LogP contribution < -0.4 is 10.6 Å². The number of aromatic nitrogens is 5. The predicted octanol–water partition coefficient (Wildman–Crippen LogP) is 3.57.